The number of hydrogen-bond donors (Lipinski definition) is 3. The first kappa shape index (κ1) is 30.7. The van der Waals surface area contributed by atoms with E-state index in [1.807, 2.05) is 71.9 Å². The van der Waals surface area contributed by atoms with E-state index in [0.29, 0.717) is 50.4 Å². The summed E-state index contributed by atoms with van der Waals surface area (Å²) in [5.41, 5.74) is 3.47. The Labute approximate surface area is 236 Å². The SMILES string of the molecule is Cc1cc(O)cc(C)c1C[C@@H](C)C(=O)N[C@H](CCCCNC(=O)OC(C)(C)C)c1nc(Cc2ccccc2)no1. The van der Waals surface area contributed by atoms with Crippen LogP contribution in [0.1, 0.15) is 87.0 Å². The van der Waals surface area contributed by atoms with Crippen LogP contribution in [-0.4, -0.2) is 39.4 Å². The number of nitrogens with zero attached hydrogens (tertiary/aromatic N) is 2. The van der Waals surface area contributed by atoms with Gasteiger partial charge in [-0.1, -0.05) is 42.4 Å². The number of rotatable bonds is 12. The summed E-state index contributed by atoms with van der Waals surface area (Å²) < 4.78 is 10.9. The molecule has 9 nitrogen and oxygen atoms in total. The van der Waals surface area contributed by atoms with Crippen molar-refractivity contribution in [2.45, 2.75) is 85.3 Å². The molecule has 3 aromatic rings. The molecule has 0 spiro atoms. The van der Waals surface area contributed by atoms with E-state index in [4.69, 9.17) is 9.26 Å². The summed E-state index contributed by atoms with van der Waals surface area (Å²) in [5, 5.41) is 19.9. The number of ether oxygens (including phenoxy) is 1. The number of amides is 2. The second-order valence-corrected chi connectivity index (χ2v) is 11.4. The van der Waals surface area contributed by atoms with E-state index >= 15 is 0 Å². The molecule has 0 aliphatic rings. The van der Waals surface area contributed by atoms with Crippen molar-refractivity contribution in [3.63, 3.8) is 0 Å². The Kier molecular flexibility index (Phi) is 10.7. The van der Waals surface area contributed by atoms with Crippen molar-refractivity contribution in [2.24, 2.45) is 5.92 Å². The average molecular weight is 551 g/mol. The highest BCUT2D eigenvalue weighted by Crippen LogP contribution is 2.25. The molecule has 9 heteroatoms. The van der Waals surface area contributed by atoms with Crippen molar-refractivity contribution in [3.05, 3.63) is 76.4 Å². The molecule has 1 aromatic heterocycles. The maximum atomic E-state index is 13.3. The van der Waals surface area contributed by atoms with E-state index in [0.717, 1.165) is 22.3 Å². The molecule has 216 valence electrons. The molecule has 3 N–H and O–H groups in total. The van der Waals surface area contributed by atoms with Crippen LogP contribution in [-0.2, 0) is 22.4 Å². The predicted octanol–water partition coefficient (Wildman–Crippen LogP) is 5.71. The van der Waals surface area contributed by atoms with E-state index in [1.165, 1.54) is 0 Å². The summed E-state index contributed by atoms with van der Waals surface area (Å²) in [6.45, 7) is 11.7. The zero-order valence-electron chi connectivity index (χ0n) is 24.4. The molecule has 3 rings (SSSR count). The maximum Gasteiger partial charge on any atom is 0.407 e. The van der Waals surface area contributed by atoms with Crippen molar-refractivity contribution < 1.29 is 24.0 Å². The fraction of sp³-hybridized carbons (Fsp3) is 0.484. The third-order valence-electron chi connectivity index (χ3n) is 6.53. The molecule has 0 saturated carbocycles. The van der Waals surface area contributed by atoms with Gasteiger partial charge in [-0.05, 0) is 94.7 Å². The minimum atomic E-state index is -0.553. The first-order chi connectivity index (χ1) is 18.9. The Morgan fingerprint density at radius 1 is 1.07 bits per heavy atom. The zero-order chi connectivity index (χ0) is 29.3. The summed E-state index contributed by atoms with van der Waals surface area (Å²) >= 11 is 0. The Hall–Kier alpha value is -3.88. The first-order valence-corrected chi connectivity index (χ1v) is 13.8. The van der Waals surface area contributed by atoms with Crippen LogP contribution in [0.25, 0.3) is 0 Å². The lowest BCUT2D eigenvalue weighted by Crippen LogP contribution is -2.34. The summed E-state index contributed by atoms with van der Waals surface area (Å²) in [4.78, 5) is 29.8. The van der Waals surface area contributed by atoms with Crippen molar-refractivity contribution in [1.82, 2.24) is 20.8 Å². The van der Waals surface area contributed by atoms with Gasteiger partial charge in [-0.2, -0.15) is 4.98 Å². The minimum Gasteiger partial charge on any atom is -0.508 e. The van der Waals surface area contributed by atoms with Crippen LogP contribution in [0.2, 0.25) is 0 Å². The van der Waals surface area contributed by atoms with Gasteiger partial charge in [0.05, 0.1) is 0 Å². The smallest absolute Gasteiger partial charge is 0.407 e. The van der Waals surface area contributed by atoms with Crippen LogP contribution in [0, 0.1) is 19.8 Å². The number of benzene rings is 2. The number of aryl methyl sites for hydroxylation is 2. The van der Waals surface area contributed by atoms with E-state index in [9.17, 15) is 14.7 Å². The fourth-order valence-corrected chi connectivity index (χ4v) is 4.50. The van der Waals surface area contributed by atoms with E-state index in [-0.39, 0.29) is 17.6 Å². The van der Waals surface area contributed by atoms with Crippen molar-refractivity contribution in [3.8, 4) is 5.75 Å². The van der Waals surface area contributed by atoms with Gasteiger partial charge in [-0.25, -0.2) is 4.79 Å². The molecule has 40 heavy (non-hydrogen) atoms. The third-order valence-corrected chi connectivity index (χ3v) is 6.53. The molecular formula is C31H42N4O5. The van der Waals surface area contributed by atoms with Crippen LogP contribution in [0.5, 0.6) is 5.75 Å². The van der Waals surface area contributed by atoms with Crippen LogP contribution in [0.3, 0.4) is 0 Å². The molecule has 0 aliphatic carbocycles. The van der Waals surface area contributed by atoms with E-state index in [2.05, 4.69) is 20.8 Å². The molecule has 1 heterocycles. The molecule has 0 unspecified atom stereocenters. The zero-order valence-corrected chi connectivity index (χ0v) is 24.4. The largest absolute Gasteiger partial charge is 0.508 e. The number of carbonyl (C=O) groups is 2. The van der Waals surface area contributed by atoms with Gasteiger partial charge in [0.2, 0.25) is 11.8 Å². The van der Waals surface area contributed by atoms with Gasteiger partial charge >= 0.3 is 6.09 Å². The molecule has 2 atom stereocenters. The van der Waals surface area contributed by atoms with Gasteiger partial charge in [0.25, 0.3) is 0 Å². The van der Waals surface area contributed by atoms with Crippen LogP contribution in [0.4, 0.5) is 4.79 Å². The van der Waals surface area contributed by atoms with Gasteiger partial charge in [0, 0.05) is 18.9 Å². The average Bonchev–Trinajstić information content (AvgIpc) is 3.32. The van der Waals surface area contributed by atoms with Crippen molar-refractivity contribution in [2.75, 3.05) is 6.54 Å². The molecule has 2 aromatic carbocycles. The predicted molar refractivity (Wildman–Crippen MR) is 153 cm³/mol. The number of nitrogens with one attached hydrogen (secondary N) is 2. The van der Waals surface area contributed by atoms with Crippen molar-refractivity contribution in [1.29, 1.82) is 0 Å². The number of unbranched alkanes of at least 4 members (excludes halogenated alkanes) is 1. The van der Waals surface area contributed by atoms with Crippen molar-refractivity contribution >= 4 is 12.0 Å². The number of hydrogen-bond acceptors (Lipinski definition) is 7. The molecule has 2 amide bonds. The van der Waals surface area contributed by atoms with Crippen LogP contribution < -0.4 is 10.6 Å². The summed E-state index contributed by atoms with van der Waals surface area (Å²) in [6.07, 6.45) is 2.59. The number of phenols is 1. The quantitative estimate of drug-likeness (QED) is 0.246. The molecular weight excluding hydrogens is 508 g/mol. The Morgan fingerprint density at radius 2 is 1.75 bits per heavy atom. The van der Waals surface area contributed by atoms with Gasteiger partial charge in [-0.15, -0.1) is 0 Å². The van der Waals surface area contributed by atoms with Gasteiger partial charge in [0.15, 0.2) is 5.82 Å². The third kappa shape index (κ3) is 9.70. The second-order valence-electron chi connectivity index (χ2n) is 11.4. The summed E-state index contributed by atoms with van der Waals surface area (Å²) in [7, 11) is 0. The first-order valence-electron chi connectivity index (χ1n) is 13.8. The maximum absolute atomic E-state index is 13.3. The van der Waals surface area contributed by atoms with E-state index in [1.54, 1.807) is 12.1 Å². The number of aromatic hydroxyl groups is 1. The molecule has 0 bridgehead atoms. The van der Waals surface area contributed by atoms with Gasteiger partial charge in [-0.3, -0.25) is 4.79 Å². The lowest BCUT2D eigenvalue weighted by Gasteiger charge is -2.20. The number of aromatic nitrogens is 2. The van der Waals surface area contributed by atoms with Gasteiger partial charge in [0.1, 0.15) is 17.4 Å². The normalized spacial score (nSPS) is 12.9. The lowest BCUT2D eigenvalue weighted by molar-refractivity contribution is -0.125. The highest BCUT2D eigenvalue weighted by Gasteiger charge is 2.25. The summed E-state index contributed by atoms with van der Waals surface area (Å²) in [6, 6.07) is 12.9. The highest BCUT2D eigenvalue weighted by atomic mass is 16.6. The Balaban J connectivity index is 1.65. The second kappa shape index (κ2) is 14.0. The molecule has 0 aliphatic heterocycles. The number of phenolic OH excluding ortho intramolecular Hbond substituents is 1. The van der Waals surface area contributed by atoms with Gasteiger partial charge < -0.3 is 25.0 Å². The molecule has 0 radical (unpaired) electrons. The fourth-order valence-electron chi connectivity index (χ4n) is 4.50. The van der Waals surface area contributed by atoms with E-state index < -0.39 is 17.7 Å². The lowest BCUT2D eigenvalue weighted by atomic mass is 9.92. The monoisotopic (exact) mass is 550 g/mol. The highest BCUT2D eigenvalue weighted by molar-refractivity contribution is 5.79. The topological polar surface area (TPSA) is 127 Å². The standard InChI is InChI=1S/C31H42N4O5/c1-20-16-24(36)17-21(2)25(20)18-22(3)28(37)33-26(14-10-11-15-32-30(38)39-31(4,5)6)29-34-27(35-40-29)19-23-12-8-7-9-13-23/h7-9,12-13,16-17,22,26,36H,10-11,14-15,18-19H2,1-6H3,(H,32,38)(H,33,37)/t22-,26-/m1/s1. The summed E-state index contributed by atoms with van der Waals surface area (Å²) in [5.74, 6) is 0.704. The Bertz CT molecular complexity index is 1240. The minimum absolute atomic E-state index is 0.119. The van der Waals surface area contributed by atoms with Crippen LogP contribution >= 0.6 is 0 Å². The number of carbonyl (C=O) groups excluding carboxylic acids is 2. The van der Waals surface area contributed by atoms with Crippen LogP contribution in [0.15, 0.2) is 47.0 Å². The Morgan fingerprint density at radius 3 is 2.40 bits per heavy atom. The molecule has 0 saturated heterocycles. The number of alkyl carbamates (subject to hydrolysis) is 1. The molecule has 0 fully saturated rings.